The first kappa shape index (κ1) is 10.8. The summed E-state index contributed by atoms with van der Waals surface area (Å²) in [7, 11) is 0. The normalized spacial score (nSPS) is 27.2. The molecule has 1 aromatic heterocycles. The van der Waals surface area contributed by atoms with Crippen LogP contribution in [0.15, 0.2) is 12.1 Å². The monoisotopic (exact) mass is 244 g/mol. The minimum absolute atomic E-state index is 0.00599. The summed E-state index contributed by atoms with van der Waals surface area (Å²) in [6.45, 7) is 0.866. The molecule has 1 fully saturated rings. The van der Waals surface area contributed by atoms with Crippen molar-refractivity contribution in [2.45, 2.75) is 31.2 Å². The highest BCUT2D eigenvalue weighted by Gasteiger charge is 2.40. The van der Waals surface area contributed by atoms with Gasteiger partial charge in [0.2, 0.25) is 5.88 Å². The maximum absolute atomic E-state index is 12.5. The molecule has 0 spiro atoms. The Hall–Kier alpha value is -1.30. The Morgan fingerprint density at radius 3 is 2.94 bits per heavy atom. The third-order valence-electron chi connectivity index (χ3n) is 3.18. The molecule has 6 heteroatoms. The molecule has 1 saturated heterocycles. The van der Waals surface area contributed by atoms with Crippen LogP contribution in [0.2, 0.25) is 0 Å². The van der Waals surface area contributed by atoms with Crippen LogP contribution in [-0.4, -0.2) is 17.6 Å². The van der Waals surface area contributed by atoms with Crippen molar-refractivity contribution in [3.63, 3.8) is 0 Å². The topological polar surface area (TPSA) is 34.1 Å². The van der Waals surface area contributed by atoms with Gasteiger partial charge in [-0.25, -0.2) is 4.98 Å². The second-order valence-corrected chi connectivity index (χ2v) is 4.32. The zero-order chi connectivity index (χ0) is 12.0. The predicted molar refractivity (Wildman–Crippen MR) is 53.6 cm³/mol. The molecule has 2 aliphatic rings. The van der Waals surface area contributed by atoms with Crippen LogP contribution >= 0.6 is 0 Å². The second-order valence-electron chi connectivity index (χ2n) is 4.32. The number of piperidine rings is 1. The molecule has 17 heavy (non-hydrogen) atoms. The summed E-state index contributed by atoms with van der Waals surface area (Å²) >= 11 is 0. The lowest BCUT2D eigenvalue weighted by atomic mass is 9.98. The number of hydrogen-bond acceptors (Lipinski definition) is 3. The number of alkyl halides is 3. The number of nitrogens with one attached hydrogen (secondary N) is 1. The van der Waals surface area contributed by atoms with Gasteiger partial charge in [0, 0.05) is 5.56 Å². The molecule has 0 aromatic carbocycles. The molecule has 3 rings (SSSR count). The largest absolute Gasteiger partial charge is 0.472 e. The highest BCUT2D eigenvalue weighted by atomic mass is 19.4. The molecule has 0 saturated carbocycles. The third kappa shape index (κ3) is 1.76. The molecule has 1 N–H and O–H groups in total. The van der Waals surface area contributed by atoms with Crippen LogP contribution in [0.1, 0.15) is 30.1 Å². The van der Waals surface area contributed by atoms with Crippen molar-refractivity contribution < 1.29 is 17.9 Å². The van der Waals surface area contributed by atoms with E-state index in [9.17, 15) is 13.2 Å². The second kappa shape index (κ2) is 3.60. The SMILES string of the molecule is FC(F)(F)c1ccc2c(n1)O[C@H]1CCCN[C@@H]21. The quantitative estimate of drug-likeness (QED) is 0.760. The molecule has 0 aliphatic carbocycles. The van der Waals surface area contributed by atoms with Crippen LogP contribution < -0.4 is 10.1 Å². The number of hydrogen-bond donors (Lipinski definition) is 1. The van der Waals surface area contributed by atoms with E-state index in [1.165, 1.54) is 6.07 Å². The number of halogens is 3. The van der Waals surface area contributed by atoms with Gasteiger partial charge in [-0.2, -0.15) is 13.2 Å². The molecule has 3 heterocycles. The van der Waals surface area contributed by atoms with Crippen LogP contribution in [-0.2, 0) is 6.18 Å². The van der Waals surface area contributed by atoms with Crippen molar-refractivity contribution in [3.05, 3.63) is 23.4 Å². The maximum atomic E-state index is 12.5. The van der Waals surface area contributed by atoms with Crippen LogP contribution in [0, 0.1) is 0 Å². The fourth-order valence-electron chi connectivity index (χ4n) is 2.38. The zero-order valence-corrected chi connectivity index (χ0v) is 8.92. The van der Waals surface area contributed by atoms with E-state index in [0.717, 1.165) is 31.0 Å². The van der Waals surface area contributed by atoms with Crippen LogP contribution in [0.3, 0.4) is 0 Å². The lowest BCUT2D eigenvalue weighted by Gasteiger charge is -2.24. The lowest BCUT2D eigenvalue weighted by Crippen LogP contribution is -2.36. The van der Waals surface area contributed by atoms with Crippen LogP contribution in [0.25, 0.3) is 0 Å². The summed E-state index contributed by atoms with van der Waals surface area (Å²) in [5.74, 6) is 0.129. The van der Waals surface area contributed by atoms with Gasteiger partial charge in [-0.15, -0.1) is 0 Å². The van der Waals surface area contributed by atoms with Crippen molar-refractivity contribution >= 4 is 0 Å². The number of aromatic nitrogens is 1. The van der Waals surface area contributed by atoms with E-state index in [1.807, 2.05) is 0 Å². The minimum Gasteiger partial charge on any atom is -0.472 e. The highest BCUT2D eigenvalue weighted by molar-refractivity contribution is 5.37. The van der Waals surface area contributed by atoms with E-state index >= 15 is 0 Å². The average molecular weight is 244 g/mol. The van der Waals surface area contributed by atoms with Gasteiger partial charge in [0.05, 0.1) is 6.04 Å². The summed E-state index contributed by atoms with van der Waals surface area (Å²) in [6, 6.07) is 2.48. The summed E-state index contributed by atoms with van der Waals surface area (Å²) in [5.41, 5.74) is -0.155. The Morgan fingerprint density at radius 2 is 2.18 bits per heavy atom. The minimum atomic E-state index is -4.42. The Labute approximate surface area is 96.0 Å². The molecule has 3 nitrogen and oxygen atoms in total. The number of pyridine rings is 1. The molecule has 92 valence electrons. The fraction of sp³-hybridized carbons (Fsp3) is 0.545. The maximum Gasteiger partial charge on any atom is 0.433 e. The molecule has 0 radical (unpaired) electrons. The van der Waals surface area contributed by atoms with Gasteiger partial charge < -0.3 is 10.1 Å². The molecular formula is C11H11F3N2O. The number of ether oxygens (including phenoxy) is 1. The van der Waals surface area contributed by atoms with Gasteiger partial charge in [-0.3, -0.25) is 0 Å². The van der Waals surface area contributed by atoms with E-state index in [0.29, 0.717) is 0 Å². The van der Waals surface area contributed by atoms with E-state index in [-0.39, 0.29) is 18.0 Å². The van der Waals surface area contributed by atoms with Gasteiger partial charge in [-0.05, 0) is 31.5 Å². The van der Waals surface area contributed by atoms with Crippen molar-refractivity contribution in [3.8, 4) is 5.88 Å². The summed E-state index contributed by atoms with van der Waals surface area (Å²) in [6.07, 6.45) is -2.66. The number of nitrogens with zero attached hydrogens (tertiary/aromatic N) is 1. The van der Waals surface area contributed by atoms with E-state index in [1.54, 1.807) is 0 Å². The Kier molecular flexibility index (Phi) is 2.29. The molecule has 0 amide bonds. The van der Waals surface area contributed by atoms with Crippen molar-refractivity contribution in [1.29, 1.82) is 0 Å². The summed E-state index contributed by atoms with van der Waals surface area (Å²) < 4.78 is 43.0. The molecule has 1 aromatic rings. The first-order chi connectivity index (χ1) is 8.05. The summed E-state index contributed by atoms with van der Waals surface area (Å²) in [5, 5.41) is 3.25. The smallest absolute Gasteiger partial charge is 0.433 e. The van der Waals surface area contributed by atoms with Crippen LogP contribution in [0.5, 0.6) is 5.88 Å². The zero-order valence-electron chi connectivity index (χ0n) is 8.92. The average Bonchev–Trinajstić information content (AvgIpc) is 2.65. The van der Waals surface area contributed by atoms with Gasteiger partial charge in [0.25, 0.3) is 0 Å². The Bertz CT molecular complexity index is 447. The molecule has 2 aliphatic heterocycles. The van der Waals surface area contributed by atoms with Gasteiger partial charge in [0.1, 0.15) is 11.8 Å². The van der Waals surface area contributed by atoms with Gasteiger partial charge in [-0.1, -0.05) is 0 Å². The lowest BCUT2D eigenvalue weighted by molar-refractivity contribution is -0.141. The number of fused-ring (bicyclic) bond motifs is 3. The predicted octanol–water partition coefficient (Wildman–Crippen LogP) is 2.29. The third-order valence-corrected chi connectivity index (χ3v) is 3.18. The Morgan fingerprint density at radius 1 is 1.35 bits per heavy atom. The molecule has 0 unspecified atom stereocenters. The molecule has 2 atom stereocenters. The van der Waals surface area contributed by atoms with Crippen molar-refractivity contribution in [1.82, 2.24) is 10.3 Å². The molecular weight excluding hydrogens is 233 g/mol. The number of rotatable bonds is 0. The van der Waals surface area contributed by atoms with E-state index in [2.05, 4.69) is 10.3 Å². The summed E-state index contributed by atoms with van der Waals surface area (Å²) in [4.78, 5) is 3.56. The standard InChI is InChI=1S/C11H11F3N2O/c12-11(13,14)8-4-3-6-9-7(2-1-5-15-9)17-10(6)16-8/h3-4,7,9,15H,1-2,5H2/t7-,9-/m0/s1. The van der Waals surface area contributed by atoms with Gasteiger partial charge in [0.15, 0.2) is 0 Å². The fourth-order valence-corrected chi connectivity index (χ4v) is 2.38. The van der Waals surface area contributed by atoms with Crippen LogP contribution in [0.4, 0.5) is 13.2 Å². The van der Waals surface area contributed by atoms with E-state index in [4.69, 9.17) is 4.74 Å². The van der Waals surface area contributed by atoms with Gasteiger partial charge >= 0.3 is 6.18 Å². The highest BCUT2D eigenvalue weighted by Crippen LogP contribution is 2.40. The van der Waals surface area contributed by atoms with Crippen molar-refractivity contribution in [2.75, 3.05) is 6.54 Å². The van der Waals surface area contributed by atoms with E-state index < -0.39 is 11.9 Å². The first-order valence-electron chi connectivity index (χ1n) is 5.54. The Balaban J connectivity index is 1.97. The molecule has 0 bridgehead atoms. The van der Waals surface area contributed by atoms with Crippen molar-refractivity contribution in [2.24, 2.45) is 0 Å². The first-order valence-corrected chi connectivity index (χ1v) is 5.54.